The van der Waals surface area contributed by atoms with E-state index in [2.05, 4.69) is 10.2 Å². The van der Waals surface area contributed by atoms with Gasteiger partial charge in [-0.3, -0.25) is 19.7 Å². The van der Waals surface area contributed by atoms with Crippen molar-refractivity contribution in [2.24, 2.45) is 0 Å². The van der Waals surface area contributed by atoms with Crippen LogP contribution in [0.1, 0.15) is 57.3 Å². The van der Waals surface area contributed by atoms with E-state index in [1.807, 2.05) is 20.8 Å². The number of nitrogens with one attached hydrogen (secondary N) is 1. The molecule has 1 aliphatic rings. The Morgan fingerprint density at radius 3 is 2.39 bits per heavy atom. The Hall–Kier alpha value is -2.64. The van der Waals surface area contributed by atoms with Gasteiger partial charge in [-0.2, -0.15) is 0 Å². The second-order valence-electron chi connectivity index (χ2n) is 8.12. The number of nitro groups is 1. The van der Waals surface area contributed by atoms with E-state index in [9.17, 15) is 19.7 Å². The lowest BCUT2D eigenvalue weighted by Gasteiger charge is -2.31. The van der Waals surface area contributed by atoms with E-state index in [1.54, 1.807) is 13.0 Å². The predicted molar refractivity (Wildman–Crippen MR) is 109 cm³/mol. The molecule has 0 radical (unpaired) electrons. The fourth-order valence-corrected chi connectivity index (χ4v) is 3.35. The van der Waals surface area contributed by atoms with Crippen LogP contribution >= 0.6 is 0 Å². The van der Waals surface area contributed by atoms with Crippen LogP contribution in [0.4, 0.5) is 11.4 Å². The van der Waals surface area contributed by atoms with E-state index in [1.165, 1.54) is 17.0 Å². The molecule has 2 rings (SSSR count). The maximum atomic E-state index is 13.2. The van der Waals surface area contributed by atoms with Gasteiger partial charge < -0.3 is 15.1 Å². The molecule has 0 unspecified atom stereocenters. The van der Waals surface area contributed by atoms with Crippen molar-refractivity contribution in [3.63, 3.8) is 0 Å². The molecular formula is C20H30N4O4. The first-order valence-electron chi connectivity index (χ1n) is 9.76. The number of amides is 2. The molecule has 1 N–H and O–H groups in total. The van der Waals surface area contributed by atoms with Gasteiger partial charge in [-0.1, -0.05) is 0 Å². The molecule has 8 nitrogen and oxygen atoms in total. The summed E-state index contributed by atoms with van der Waals surface area (Å²) in [6, 6.07) is 4.42. The summed E-state index contributed by atoms with van der Waals surface area (Å²) in [5, 5.41) is 14.1. The Labute approximate surface area is 166 Å². The van der Waals surface area contributed by atoms with Gasteiger partial charge in [-0.25, -0.2) is 0 Å². The lowest BCUT2D eigenvalue weighted by molar-refractivity contribution is -0.384. The highest BCUT2D eigenvalue weighted by atomic mass is 16.6. The number of non-ortho nitro benzene ring substituents is 1. The van der Waals surface area contributed by atoms with Crippen LogP contribution in [0.5, 0.6) is 0 Å². The van der Waals surface area contributed by atoms with Gasteiger partial charge >= 0.3 is 0 Å². The molecule has 154 valence electrons. The standard InChI is InChI=1S/C20H30N4O4/c1-5-22(14-18(25)21-20(2,3)4)19(26)16-13-15(24(27)28)9-10-17(16)23-11-7-6-8-12-23/h9-10,13H,5-8,11-12,14H2,1-4H3,(H,21,25). The molecule has 28 heavy (non-hydrogen) atoms. The van der Waals surface area contributed by atoms with Crippen molar-refractivity contribution in [2.75, 3.05) is 31.1 Å². The molecule has 2 amide bonds. The molecule has 1 heterocycles. The van der Waals surface area contributed by atoms with E-state index >= 15 is 0 Å². The van der Waals surface area contributed by atoms with E-state index in [0.717, 1.165) is 32.4 Å². The molecule has 0 spiro atoms. The number of hydrogen-bond acceptors (Lipinski definition) is 5. The Balaban J connectivity index is 2.32. The van der Waals surface area contributed by atoms with Gasteiger partial charge in [0.25, 0.3) is 11.6 Å². The fraction of sp³-hybridized carbons (Fsp3) is 0.600. The minimum atomic E-state index is -0.501. The fourth-order valence-electron chi connectivity index (χ4n) is 3.35. The van der Waals surface area contributed by atoms with E-state index < -0.39 is 10.5 Å². The molecule has 1 aromatic rings. The second kappa shape index (κ2) is 9.03. The lowest BCUT2D eigenvalue weighted by Crippen LogP contribution is -2.47. The zero-order chi connectivity index (χ0) is 20.9. The Morgan fingerprint density at radius 2 is 1.86 bits per heavy atom. The average Bonchev–Trinajstić information content (AvgIpc) is 2.64. The average molecular weight is 390 g/mol. The first-order valence-corrected chi connectivity index (χ1v) is 9.76. The van der Waals surface area contributed by atoms with E-state index in [0.29, 0.717) is 12.2 Å². The van der Waals surface area contributed by atoms with Crippen molar-refractivity contribution < 1.29 is 14.5 Å². The summed E-state index contributed by atoms with van der Waals surface area (Å²) in [4.78, 5) is 39.8. The number of anilines is 1. The van der Waals surface area contributed by atoms with Crippen LogP contribution in [0.3, 0.4) is 0 Å². The number of likely N-dealkylation sites (N-methyl/N-ethyl adjacent to an activating group) is 1. The summed E-state index contributed by atoms with van der Waals surface area (Å²) in [6.45, 7) is 9.28. The van der Waals surface area contributed by atoms with Gasteiger partial charge in [-0.05, 0) is 53.0 Å². The highest BCUT2D eigenvalue weighted by Crippen LogP contribution is 2.29. The molecule has 8 heteroatoms. The molecule has 1 fully saturated rings. The molecule has 0 saturated carbocycles. The van der Waals surface area contributed by atoms with Gasteiger partial charge in [0.2, 0.25) is 5.91 Å². The third-order valence-corrected chi connectivity index (χ3v) is 4.64. The normalized spacial score (nSPS) is 14.5. The number of nitrogens with zero attached hydrogens (tertiary/aromatic N) is 3. The summed E-state index contributed by atoms with van der Waals surface area (Å²) in [5.41, 5.74) is 0.454. The Kier molecular flexibility index (Phi) is 6.99. The zero-order valence-electron chi connectivity index (χ0n) is 17.2. The number of hydrogen-bond donors (Lipinski definition) is 1. The number of piperidine rings is 1. The van der Waals surface area contributed by atoms with Crippen LogP contribution in [0.15, 0.2) is 18.2 Å². The molecule has 1 aromatic carbocycles. The van der Waals surface area contributed by atoms with Crippen LogP contribution in [-0.4, -0.2) is 53.4 Å². The second-order valence-corrected chi connectivity index (χ2v) is 8.12. The molecule has 0 aromatic heterocycles. The van der Waals surface area contributed by atoms with Gasteiger partial charge in [0.05, 0.1) is 22.7 Å². The maximum absolute atomic E-state index is 13.2. The number of carbonyl (C=O) groups is 2. The predicted octanol–water partition coefficient (Wildman–Crippen LogP) is 2.96. The summed E-state index contributed by atoms with van der Waals surface area (Å²) in [7, 11) is 0. The van der Waals surface area contributed by atoms with Crippen LogP contribution in [0, 0.1) is 10.1 Å². The quantitative estimate of drug-likeness (QED) is 0.595. The molecule has 0 bridgehead atoms. The number of benzene rings is 1. The number of carbonyl (C=O) groups excluding carboxylic acids is 2. The van der Waals surface area contributed by atoms with Gasteiger partial charge in [-0.15, -0.1) is 0 Å². The number of rotatable bonds is 6. The molecular weight excluding hydrogens is 360 g/mol. The van der Waals surface area contributed by atoms with Crippen LogP contribution in [0.2, 0.25) is 0 Å². The highest BCUT2D eigenvalue weighted by Gasteiger charge is 2.26. The lowest BCUT2D eigenvalue weighted by atomic mass is 10.1. The maximum Gasteiger partial charge on any atom is 0.270 e. The van der Waals surface area contributed by atoms with Crippen molar-refractivity contribution in [3.8, 4) is 0 Å². The largest absolute Gasteiger partial charge is 0.371 e. The van der Waals surface area contributed by atoms with Crippen molar-refractivity contribution in [1.82, 2.24) is 10.2 Å². The summed E-state index contributed by atoms with van der Waals surface area (Å²) in [5.74, 6) is -0.622. The van der Waals surface area contributed by atoms with Gasteiger partial charge in [0.1, 0.15) is 0 Å². The molecule has 0 aliphatic carbocycles. The Morgan fingerprint density at radius 1 is 1.21 bits per heavy atom. The SMILES string of the molecule is CCN(CC(=O)NC(C)(C)C)C(=O)c1cc([N+](=O)[O-])ccc1N1CCCCC1. The summed E-state index contributed by atoms with van der Waals surface area (Å²) < 4.78 is 0. The van der Waals surface area contributed by atoms with E-state index in [4.69, 9.17) is 0 Å². The molecule has 0 atom stereocenters. The van der Waals surface area contributed by atoms with Crippen LogP contribution in [0.25, 0.3) is 0 Å². The Bertz CT molecular complexity index is 736. The summed E-state index contributed by atoms with van der Waals surface area (Å²) in [6.07, 6.45) is 3.19. The van der Waals surface area contributed by atoms with Crippen molar-refractivity contribution in [1.29, 1.82) is 0 Å². The third kappa shape index (κ3) is 5.68. The van der Waals surface area contributed by atoms with Gasteiger partial charge in [0, 0.05) is 37.3 Å². The summed E-state index contributed by atoms with van der Waals surface area (Å²) >= 11 is 0. The minimum absolute atomic E-state index is 0.0886. The van der Waals surface area contributed by atoms with Crippen LogP contribution < -0.4 is 10.2 Å². The minimum Gasteiger partial charge on any atom is -0.371 e. The van der Waals surface area contributed by atoms with Crippen LogP contribution in [-0.2, 0) is 4.79 Å². The van der Waals surface area contributed by atoms with E-state index in [-0.39, 0.29) is 29.6 Å². The topological polar surface area (TPSA) is 95.8 Å². The number of nitro benzene ring substituents is 1. The monoisotopic (exact) mass is 390 g/mol. The smallest absolute Gasteiger partial charge is 0.270 e. The van der Waals surface area contributed by atoms with Gasteiger partial charge in [0.15, 0.2) is 0 Å². The zero-order valence-corrected chi connectivity index (χ0v) is 17.2. The van der Waals surface area contributed by atoms with Crippen molar-refractivity contribution >= 4 is 23.2 Å². The van der Waals surface area contributed by atoms with Crippen molar-refractivity contribution in [3.05, 3.63) is 33.9 Å². The molecule has 1 aliphatic heterocycles. The first-order chi connectivity index (χ1) is 13.1. The first kappa shape index (κ1) is 21.7. The molecule has 1 saturated heterocycles. The van der Waals surface area contributed by atoms with Crippen molar-refractivity contribution in [2.45, 2.75) is 52.5 Å². The third-order valence-electron chi connectivity index (χ3n) is 4.64. The highest BCUT2D eigenvalue weighted by molar-refractivity contribution is 6.02.